The molecule has 0 aliphatic heterocycles. The van der Waals surface area contributed by atoms with Crippen molar-refractivity contribution in [1.29, 1.82) is 0 Å². The quantitative estimate of drug-likeness (QED) is 0.0262. The molecule has 0 aliphatic rings. The molecule has 0 radical (unpaired) electrons. The van der Waals surface area contributed by atoms with Crippen molar-refractivity contribution in [3.63, 3.8) is 0 Å². The average Bonchev–Trinajstić information content (AvgIpc) is 3.27. The lowest BCUT2D eigenvalue weighted by atomic mass is 10.0. The van der Waals surface area contributed by atoms with E-state index in [1.165, 1.54) is 116 Å². The summed E-state index contributed by atoms with van der Waals surface area (Å²) in [4.78, 5) is 37.9. The van der Waals surface area contributed by atoms with E-state index in [0.29, 0.717) is 19.3 Å². The highest BCUT2D eigenvalue weighted by Gasteiger charge is 2.19. The van der Waals surface area contributed by atoms with Crippen LogP contribution in [0.4, 0.5) is 0 Å². The number of ether oxygens (including phenoxy) is 3. The van der Waals surface area contributed by atoms with Gasteiger partial charge >= 0.3 is 17.9 Å². The molecule has 0 aromatic carbocycles. The maximum atomic E-state index is 12.8. The van der Waals surface area contributed by atoms with Crippen LogP contribution in [0.3, 0.4) is 0 Å². The van der Waals surface area contributed by atoms with E-state index >= 15 is 0 Å². The summed E-state index contributed by atoms with van der Waals surface area (Å²) in [6.07, 6.45) is 63.1. The standard InChI is InChI=1S/C56H96O6/c1-4-7-10-13-16-19-22-25-27-28-29-32-34-37-40-43-46-49-55(58)61-52-53(51-60-54(57)48-45-42-39-36-33-30-24-21-18-15-12-9-6-3)62-56(59)50-47-44-41-38-35-31-26-23-20-17-14-11-8-5-2/h7,10,16,19,21,24-25,27,29,32,37,40,53H,4-6,8-9,11-15,17-18,20,22-23,26,28,30-31,33-36,38-39,41-52H2,1-3H3/b10-7-,19-16-,24-21-,27-25-,32-29-,40-37-. The number of hydrogen-bond acceptors (Lipinski definition) is 6. The lowest BCUT2D eigenvalue weighted by Gasteiger charge is -2.18. The third-order valence-corrected chi connectivity index (χ3v) is 10.9. The summed E-state index contributed by atoms with van der Waals surface area (Å²) >= 11 is 0. The molecule has 0 fully saturated rings. The summed E-state index contributed by atoms with van der Waals surface area (Å²) in [6.45, 7) is 6.46. The Morgan fingerprint density at radius 1 is 0.339 bits per heavy atom. The Labute approximate surface area is 382 Å². The van der Waals surface area contributed by atoms with E-state index < -0.39 is 6.10 Å². The number of carbonyl (C=O) groups is 3. The van der Waals surface area contributed by atoms with Gasteiger partial charge < -0.3 is 14.2 Å². The molecule has 1 atom stereocenters. The molecule has 6 nitrogen and oxygen atoms in total. The molecule has 0 aromatic heterocycles. The van der Waals surface area contributed by atoms with Crippen LogP contribution in [-0.2, 0) is 28.6 Å². The van der Waals surface area contributed by atoms with Gasteiger partial charge in [0.2, 0.25) is 0 Å². The minimum absolute atomic E-state index is 0.0958. The molecule has 0 amide bonds. The van der Waals surface area contributed by atoms with Gasteiger partial charge in [0.1, 0.15) is 13.2 Å². The Morgan fingerprint density at radius 2 is 0.645 bits per heavy atom. The molecule has 0 aromatic rings. The zero-order valence-corrected chi connectivity index (χ0v) is 40.6. The number of carbonyl (C=O) groups excluding carboxylic acids is 3. The molecule has 6 heteroatoms. The van der Waals surface area contributed by atoms with Crippen LogP contribution in [0.1, 0.15) is 245 Å². The number of hydrogen-bond donors (Lipinski definition) is 0. The number of rotatable bonds is 46. The Bertz CT molecular complexity index is 1180. The third-order valence-electron chi connectivity index (χ3n) is 10.9. The van der Waals surface area contributed by atoms with Crippen LogP contribution in [-0.4, -0.2) is 37.2 Å². The number of esters is 3. The average molecular weight is 865 g/mol. The van der Waals surface area contributed by atoms with Gasteiger partial charge in [0.25, 0.3) is 0 Å². The molecular weight excluding hydrogens is 769 g/mol. The van der Waals surface area contributed by atoms with Crippen LogP contribution in [0.15, 0.2) is 72.9 Å². The molecule has 0 saturated heterocycles. The van der Waals surface area contributed by atoms with E-state index in [-0.39, 0.29) is 37.5 Å². The van der Waals surface area contributed by atoms with Crippen molar-refractivity contribution in [2.24, 2.45) is 0 Å². The molecule has 0 spiro atoms. The Hall–Kier alpha value is -3.15. The van der Waals surface area contributed by atoms with Crippen molar-refractivity contribution in [2.45, 2.75) is 252 Å². The zero-order valence-electron chi connectivity index (χ0n) is 40.6. The van der Waals surface area contributed by atoms with Crippen LogP contribution in [0.25, 0.3) is 0 Å². The second-order valence-electron chi connectivity index (χ2n) is 17.1. The van der Waals surface area contributed by atoms with Crippen LogP contribution in [0.5, 0.6) is 0 Å². The van der Waals surface area contributed by atoms with Crippen molar-refractivity contribution in [3.8, 4) is 0 Å². The van der Waals surface area contributed by atoms with Gasteiger partial charge in [-0.3, -0.25) is 14.4 Å². The highest BCUT2D eigenvalue weighted by Crippen LogP contribution is 2.15. The Morgan fingerprint density at radius 3 is 1.08 bits per heavy atom. The van der Waals surface area contributed by atoms with Crippen molar-refractivity contribution < 1.29 is 28.6 Å². The smallest absolute Gasteiger partial charge is 0.306 e. The normalized spacial score (nSPS) is 12.6. The van der Waals surface area contributed by atoms with Crippen molar-refractivity contribution >= 4 is 17.9 Å². The predicted octanol–water partition coefficient (Wildman–Crippen LogP) is 17.0. The van der Waals surface area contributed by atoms with Gasteiger partial charge in [-0.25, -0.2) is 0 Å². The minimum atomic E-state index is -0.798. The molecule has 0 aliphatic carbocycles. The lowest BCUT2D eigenvalue weighted by Crippen LogP contribution is -2.30. The maximum absolute atomic E-state index is 12.8. The maximum Gasteiger partial charge on any atom is 0.306 e. The summed E-state index contributed by atoms with van der Waals surface area (Å²) in [7, 11) is 0. The molecule has 356 valence electrons. The first kappa shape index (κ1) is 58.9. The van der Waals surface area contributed by atoms with Gasteiger partial charge in [-0.2, -0.15) is 0 Å². The summed E-state index contributed by atoms with van der Waals surface area (Å²) < 4.78 is 16.7. The first-order chi connectivity index (χ1) is 30.5. The van der Waals surface area contributed by atoms with Gasteiger partial charge in [-0.1, -0.05) is 216 Å². The summed E-state index contributed by atoms with van der Waals surface area (Å²) in [5.74, 6) is -0.961. The molecule has 0 saturated carbocycles. The molecule has 0 rings (SSSR count). The number of unbranched alkanes of at least 4 members (excludes halogenated alkanes) is 23. The van der Waals surface area contributed by atoms with Gasteiger partial charge in [-0.15, -0.1) is 0 Å². The van der Waals surface area contributed by atoms with Crippen molar-refractivity contribution in [1.82, 2.24) is 0 Å². The van der Waals surface area contributed by atoms with E-state index in [0.717, 1.165) is 83.5 Å². The van der Waals surface area contributed by atoms with E-state index in [1.54, 1.807) is 0 Å². The Balaban J connectivity index is 4.47. The summed E-state index contributed by atoms with van der Waals surface area (Å²) in [5, 5.41) is 0. The minimum Gasteiger partial charge on any atom is -0.462 e. The monoisotopic (exact) mass is 865 g/mol. The first-order valence-corrected chi connectivity index (χ1v) is 25.9. The molecular formula is C56H96O6. The second kappa shape index (κ2) is 50.5. The van der Waals surface area contributed by atoms with Gasteiger partial charge in [0.15, 0.2) is 6.10 Å². The summed E-state index contributed by atoms with van der Waals surface area (Å²) in [6, 6.07) is 0. The molecule has 0 heterocycles. The third kappa shape index (κ3) is 47.9. The van der Waals surface area contributed by atoms with Crippen molar-refractivity contribution in [2.75, 3.05) is 13.2 Å². The van der Waals surface area contributed by atoms with Gasteiger partial charge in [0.05, 0.1) is 0 Å². The fourth-order valence-corrected chi connectivity index (χ4v) is 7.06. The Kier molecular flexibility index (Phi) is 47.9. The fourth-order valence-electron chi connectivity index (χ4n) is 7.06. The summed E-state index contributed by atoms with van der Waals surface area (Å²) in [5.41, 5.74) is 0. The highest BCUT2D eigenvalue weighted by molar-refractivity contribution is 5.71. The van der Waals surface area contributed by atoms with E-state index in [9.17, 15) is 14.4 Å². The van der Waals surface area contributed by atoms with E-state index in [4.69, 9.17) is 14.2 Å². The molecule has 0 bridgehead atoms. The largest absolute Gasteiger partial charge is 0.462 e. The van der Waals surface area contributed by atoms with Crippen LogP contribution in [0, 0.1) is 0 Å². The van der Waals surface area contributed by atoms with Crippen LogP contribution < -0.4 is 0 Å². The molecule has 1 unspecified atom stereocenters. The molecule has 62 heavy (non-hydrogen) atoms. The van der Waals surface area contributed by atoms with Gasteiger partial charge in [-0.05, 0) is 83.5 Å². The van der Waals surface area contributed by atoms with Crippen LogP contribution >= 0.6 is 0 Å². The second-order valence-corrected chi connectivity index (χ2v) is 17.1. The zero-order chi connectivity index (χ0) is 45.1. The van der Waals surface area contributed by atoms with E-state index in [1.807, 2.05) is 0 Å². The lowest BCUT2D eigenvalue weighted by molar-refractivity contribution is -0.167. The number of allylic oxidation sites excluding steroid dienone is 12. The van der Waals surface area contributed by atoms with Crippen LogP contribution in [0.2, 0.25) is 0 Å². The predicted molar refractivity (Wildman–Crippen MR) is 265 cm³/mol. The SMILES string of the molecule is CC/C=C\C/C=C\C/C=C\C/C=C\C/C=C\CCCC(=O)OCC(COC(=O)CCCCCCC/C=C\CCCCCC)OC(=O)CCCCCCCCCCCCCCCC. The first-order valence-electron chi connectivity index (χ1n) is 25.9. The topological polar surface area (TPSA) is 78.9 Å². The van der Waals surface area contributed by atoms with Crippen molar-refractivity contribution in [3.05, 3.63) is 72.9 Å². The highest BCUT2D eigenvalue weighted by atomic mass is 16.6. The fraction of sp³-hybridized carbons (Fsp3) is 0.732. The van der Waals surface area contributed by atoms with Gasteiger partial charge in [0, 0.05) is 19.3 Å². The van der Waals surface area contributed by atoms with E-state index in [2.05, 4.69) is 93.7 Å². The molecule has 0 N–H and O–H groups in total.